The molecule has 0 radical (unpaired) electrons. The zero-order valence-corrected chi connectivity index (χ0v) is 21.0. The van der Waals surface area contributed by atoms with Gasteiger partial charge in [0.25, 0.3) is 5.56 Å². The van der Waals surface area contributed by atoms with Gasteiger partial charge in [-0.3, -0.25) is 9.69 Å². The molecule has 0 bridgehead atoms. The van der Waals surface area contributed by atoms with Crippen molar-refractivity contribution in [1.82, 2.24) is 30.1 Å². The van der Waals surface area contributed by atoms with Crippen molar-refractivity contribution in [1.29, 1.82) is 0 Å². The van der Waals surface area contributed by atoms with E-state index in [1.807, 2.05) is 41.9 Å². The number of tetrazole rings is 1. The minimum atomic E-state index is -0.404. The highest BCUT2D eigenvalue weighted by molar-refractivity contribution is 5.85. The Hall–Kier alpha value is -3.32. The largest absolute Gasteiger partial charge is 0.321 e. The van der Waals surface area contributed by atoms with Gasteiger partial charge >= 0.3 is 0 Å². The number of fused-ring (bicyclic) bond motifs is 1. The minimum absolute atomic E-state index is 0.110. The number of rotatable bonds is 8. The van der Waals surface area contributed by atoms with E-state index in [0.717, 1.165) is 35.0 Å². The summed E-state index contributed by atoms with van der Waals surface area (Å²) in [6.07, 6.45) is 0.856. The molecule has 0 fully saturated rings. The zero-order valence-electron chi connectivity index (χ0n) is 21.0. The number of aromatic amines is 1. The van der Waals surface area contributed by atoms with Gasteiger partial charge in [0.1, 0.15) is 6.04 Å². The lowest BCUT2D eigenvalue weighted by molar-refractivity contribution is 0.197. The maximum absolute atomic E-state index is 13.6. The summed E-state index contributed by atoms with van der Waals surface area (Å²) in [7, 11) is 0. The number of aryl methyl sites for hydroxylation is 2. The third-order valence-corrected chi connectivity index (χ3v) is 6.94. The van der Waals surface area contributed by atoms with E-state index < -0.39 is 6.04 Å². The van der Waals surface area contributed by atoms with Crippen molar-refractivity contribution in [2.75, 3.05) is 6.54 Å². The third-order valence-electron chi connectivity index (χ3n) is 6.94. The Labute approximate surface area is 200 Å². The summed E-state index contributed by atoms with van der Waals surface area (Å²) < 4.78 is 1.89. The van der Waals surface area contributed by atoms with Crippen LogP contribution in [0.3, 0.4) is 0 Å². The molecule has 2 heterocycles. The predicted octanol–water partition coefficient (Wildman–Crippen LogP) is 4.89. The van der Waals surface area contributed by atoms with Crippen molar-refractivity contribution in [2.45, 2.75) is 66.1 Å². The number of hydrogen-bond donors (Lipinski definition) is 1. The van der Waals surface area contributed by atoms with Gasteiger partial charge in [0, 0.05) is 17.5 Å². The van der Waals surface area contributed by atoms with Gasteiger partial charge in [0.15, 0.2) is 5.82 Å². The molecule has 178 valence electrons. The van der Waals surface area contributed by atoms with E-state index in [4.69, 9.17) is 0 Å². The van der Waals surface area contributed by atoms with Crippen molar-refractivity contribution >= 4 is 10.9 Å². The number of nitrogens with one attached hydrogen (secondary N) is 1. The Bertz CT molecular complexity index is 1340. The standard InChI is InChI=1S/C27H34N6O/c1-7-27(5,6)33-25(29-30-31-33)24(32(8-2)17-20-12-10-9-11-13-20)22-16-21-18(3)14-15-19(4)23(21)28-26(22)34/h9-16,24H,7-8,17H2,1-6H3,(H,28,34). The topological polar surface area (TPSA) is 79.7 Å². The van der Waals surface area contributed by atoms with E-state index in [9.17, 15) is 4.79 Å². The van der Waals surface area contributed by atoms with Gasteiger partial charge in [-0.1, -0.05) is 56.3 Å². The van der Waals surface area contributed by atoms with Gasteiger partial charge in [-0.2, -0.15) is 0 Å². The molecule has 0 aliphatic heterocycles. The van der Waals surface area contributed by atoms with Crippen LogP contribution >= 0.6 is 0 Å². The Morgan fingerprint density at radius 3 is 2.44 bits per heavy atom. The first kappa shape index (κ1) is 23.8. The fourth-order valence-electron chi connectivity index (χ4n) is 4.44. The fourth-order valence-corrected chi connectivity index (χ4v) is 4.44. The molecule has 2 aromatic heterocycles. The average Bonchev–Trinajstić information content (AvgIpc) is 3.33. The molecular formula is C27H34N6O. The molecule has 0 spiro atoms. The lowest BCUT2D eigenvalue weighted by atomic mass is 9.97. The van der Waals surface area contributed by atoms with Gasteiger partial charge < -0.3 is 4.98 Å². The van der Waals surface area contributed by atoms with Gasteiger partial charge in [0.05, 0.1) is 11.1 Å². The van der Waals surface area contributed by atoms with Crippen molar-refractivity contribution in [3.05, 3.63) is 87.0 Å². The lowest BCUT2D eigenvalue weighted by Gasteiger charge is -2.33. The summed E-state index contributed by atoms with van der Waals surface area (Å²) in [4.78, 5) is 19.0. The summed E-state index contributed by atoms with van der Waals surface area (Å²) in [6, 6.07) is 16.1. The van der Waals surface area contributed by atoms with Crippen LogP contribution in [-0.2, 0) is 12.1 Å². The molecule has 2 aromatic carbocycles. The van der Waals surface area contributed by atoms with Crippen LogP contribution in [-0.4, -0.2) is 36.6 Å². The molecule has 4 aromatic rings. The van der Waals surface area contributed by atoms with Crippen LogP contribution in [0.2, 0.25) is 0 Å². The van der Waals surface area contributed by atoms with Gasteiger partial charge in [-0.05, 0) is 73.8 Å². The number of pyridine rings is 1. The molecule has 1 N–H and O–H groups in total. The first-order valence-corrected chi connectivity index (χ1v) is 12.0. The van der Waals surface area contributed by atoms with Crippen LogP contribution in [0.25, 0.3) is 10.9 Å². The highest BCUT2D eigenvalue weighted by Crippen LogP contribution is 2.32. The molecule has 7 heteroatoms. The van der Waals surface area contributed by atoms with Gasteiger partial charge in [0.2, 0.25) is 0 Å². The molecule has 0 saturated heterocycles. The molecular weight excluding hydrogens is 424 g/mol. The average molecular weight is 459 g/mol. The summed E-state index contributed by atoms with van der Waals surface area (Å²) in [5.74, 6) is 0.680. The van der Waals surface area contributed by atoms with Crippen molar-refractivity contribution in [3.63, 3.8) is 0 Å². The van der Waals surface area contributed by atoms with Crippen molar-refractivity contribution in [3.8, 4) is 0 Å². The van der Waals surface area contributed by atoms with Crippen LogP contribution in [0.15, 0.2) is 53.3 Å². The Morgan fingerprint density at radius 1 is 1.06 bits per heavy atom. The number of H-pyrrole nitrogens is 1. The van der Waals surface area contributed by atoms with Crippen LogP contribution in [0.4, 0.5) is 0 Å². The maximum Gasteiger partial charge on any atom is 0.253 e. The molecule has 0 aliphatic rings. The quantitative estimate of drug-likeness (QED) is 0.407. The van der Waals surface area contributed by atoms with E-state index in [1.165, 1.54) is 5.56 Å². The molecule has 1 unspecified atom stereocenters. The highest BCUT2D eigenvalue weighted by atomic mass is 16.1. The molecule has 0 aliphatic carbocycles. The smallest absolute Gasteiger partial charge is 0.253 e. The minimum Gasteiger partial charge on any atom is -0.321 e. The molecule has 1 atom stereocenters. The van der Waals surface area contributed by atoms with Gasteiger partial charge in [-0.25, -0.2) is 4.68 Å². The molecule has 0 saturated carbocycles. The third kappa shape index (κ3) is 4.40. The number of hydrogen-bond acceptors (Lipinski definition) is 5. The van der Waals surface area contributed by atoms with E-state index in [1.54, 1.807) is 0 Å². The number of aromatic nitrogens is 5. The second-order valence-corrected chi connectivity index (χ2v) is 9.61. The van der Waals surface area contributed by atoms with Crippen LogP contribution in [0, 0.1) is 13.8 Å². The van der Waals surface area contributed by atoms with Crippen LogP contribution in [0.5, 0.6) is 0 Å². The molecule has 7 nitrogen and oxygen atoms in total. The fraction of sp³-hybridized carbons (Fsp3) is 0.407. The summed E-state index contributed by atoms with van der Waals surface area (Å²) in [5.41, 5.74) is 4.48. The highest BCUT2D eigenvalue weighted by Gasteiger charge is 2.34. The Morgan fingerprint density at radius 2 is 1.76 bits per heavy atom. The first-order valence-electron chi connectivity index (χ1n) is 12.0. The monoisotopic (exact) mass is 458 g/mol. The SMILES string of the molecule is CCN(Cc1ccccc1)C(c1cc2c(C)ccc(C)c2[nH]c1=O)c1nnnn1C(C)(C)CC. The molecule has 0 amide bonds. The number of benzene rings is 2. The van der Waals surface area contributed by atoms with E-state index in [0.29, 0.717) is 17.9 Å². The summed E-state index contributed by atoms with van der Waals surface area (Å²) in [6.45, 7) is 14.0. The second kappa shape index (κ2) is 9.50. The number of nitrogens with zero attached hydrogens (tertiary/aromatic N) is 5. The molecule has 34 heavy (non-hydrogen) atoms. The second-order valence-electron chi connectivity index (χ2n) is 9.61. The normalized spacial score (nSPS) is 13.0. The summed E-state index contributed by atoms with van der Waals surface area (Å²) in [5, 5.41) is 14.0. The first-order chi connectivity index (χ1) is 16.3. The Balaban J connectivity index is 1.96. The summed E-state index contributed by atoms with van der Waals surface area (Å²) >= 11 is 0. The lowest BCUT2D eigenvalue weighted by Crippen LogP contribution is -2.38. The van der Waals surface area contributed by atoms with Crippen LogP contribution in [0.1, 0.15) is 68.2 Å². The van der Waals surface area contributed by atoms with E-state index in [2.05, 4.69) is 78.2 Å². The predicted molar refractivity (Wildman–Crippen MR) is 136 cm³/mol. The van der Waals surface area contributed by atoms with E-state index >= 15 is 0 Å². The van der Waals surface area contributed by atoms with Crippen LogP contribution < -0.4 is 5.56 Å². The maximum atomic E-state index is 13.6. The van der Waals surface area contributed by atoms with Crippen molar-refractivity contribution in [2.24, 2.45) is 0 Å². The van der Waals surface area contributed by atoms with Crippen molar-refractivity contribution < 1.29 is 0 Å². The molecule has 4 rings (SSSR count). The van der Waals surface area contributed by atoms with E-state index in [-0.39, 0.29) is 11.1 Å². The van der Waals surface area contributed by atoms with Gasteiger partial charge in [-0.15, -0.1) is 5.10 Å². The Kier molecular flexibility index (Phi) is 6.66. The zero-order chi connectivity index (χ0) is 24.5.